The van der Waals surface area contributed by atoms with Crippen LogP contribution in [-0.2, 0) is 4.74 Å². The van der Waals surface area contributed by atoms with Gasteiger partial charge in [0.1, 0.15) is 6.07 Å². The van der Waals surface area contributed by atoms with Gasteiger partial charge in [0.2, 0.25) is 0 Å². The minimum Gasteiger partial charge on any atom is -0.385 e. The summed E-state index contributed by atoms with van der Waals surface area (Å²) in [5.74, 6) is 0. The van der Waals surface area contributed by atoms with Crippen LogP contribution in [0.15, 0.2) is 24.3 Å². The molecule has 0 aliphatic heterocycles. The first-order valence-electron chi connectivity index (χ1n) is 5.70. The van der Waals surface area contributed by atoms with Gasteiger partial charge in [-0.1, -0.05) is 12.1 Å². The van der Waals surface area contributed by atoms with E-state index in [2.05, 4.69) is 11.4 Å². The Morgan fingerprint density at radius 1 is 1.50 bits per heavy atom. The summed E-state index contributed by atoms with van der Waals surface area (Å²) in [6.45, 7) is 1.46. The number of hydrogen-bond acceptors (Lipinski definition) is 3. The van der Waals surface area contributed by atoms with Crippen molar-refractivity contribution in [2.24, 2.45) is 0 Å². The second-order valence-corrected chi connectivity index (χ2v) is 4.15. The summed E-state index contributed by atoms with van der Waals surface area (Å²) in [6.07, 6.45) is 0.893. The molecule has 0 heterocycles. The predicted molar refractivity (Wildman–Crippen MR) is 76.7 cm³/mol. The first kappa shape index (κ1) is 14.4. The Kier molecular flexibility index (Phi) is 6.12. The summed E-state index contributed by atoms with van der Waals surface area (Å²) in [4.78, 5) is 1.81. The predicted octanol–water partition coefficient (Wildman–Crippen LogP) is 1.91. The molecule has 0 bridgehead atoms. The number of nitrogens with one attached hydrogen (secondary N) is 1. The van der Waals surface area contributed by atoms with E-state index < -0.39 is 0 Å². The highest BCUT2D eigenvalue weighted by Gasteiger charge is 2.10. The van der Waals surface area contributed by atoms with E-state index in [0.29, 0.717) is 17.3 Å². The molecule has 1 aromatic carbocycles. The lowest BCUT2D eigenvalue weighted by atomic mass is 10.2. The van der Waals surface area contributed by atoms with Crippen LogP contribution in [0.5, 0.6) is 0 Å². The number of nitrogens with zero attached hydrogens (tertiary/aromatic N) is 2. The van der Waals surface area contributed by atoms with Gasteiger partial charge in [-0.05, 0) is 30.8 Å². The molecule has 1 aromatic rings. The Bertz CT molecular complexity index is 442. The Morgan fingerprint density at radius 3 is 2.89 bits per heavy atom. The lowest BCUT2D eigenvalue weighted by Gasteiger charge is -2.22. The molecule has 0 aliphatic carbocycles. The van der Waals surface area contributed by atoms with Crippen molar-refractivity contribution in [3.63, 3.8) is 0 Å². The van der Waals surface area contributed by atoms with Gasteiger partial charge in [0.25, 0.3) is 0 Å². The topological polar surface area (TPSA) is 48.3 Å². The third-order valence-electron chi connectivity index (χ3n) is 2.49. The molecule has 0 amide bonds. The zero-order valence-corrected chi connectivity index (χ0v) is 11.5. The molecule has 1 rings (SSSR count). The average molecular weight is 263 g/mol. The van der Waals surface area contributed by atoms with Crippen LogP contribution >= 0.6 is 12.2 Å². The van der Waals surface area contributed by atoms with E-state index in [1.165, 1.54) is 0 Å². The number of benzene rings is 1. The van der Waals surface area contributed by atoms with Crippen LogP contribution in [0.2, 0.25) is 0 Å². The maximum absolute atomic E-state index is 9.04. The molecule has 4 nitrogen and oxygen atoms in total. The normalized spacial score (nSPS) is 9.61. The Balaban J connectivity index is 2.61. The van der Waals surface area contributed by atoms with Gasteiger partial charge < -0.3 is 15.0 Å². The molecular formula is C13H17N3OS. The van der Waals surface area contributed by atoms with Crippen LogP contribution in [0.3, 0.4) is 0 Å². The zero-order chi connectivity index (χ0) is 13.4. The molecule has 5 heteroatoms. The van der Waals surface area contributed by atoms with Crippen molar-refractivity contribution in [2.75, 3.05) is 32.2 Å². The van der Waals surface area contributed by atoms with E-state index in [9.17, 15) is 0 Å². The molecule has 96 valence electrons. The standard InChI is InChI=1S/C13H17N3OS/c1-16(13(18)15-8-5-9-17-2)12-7-4-3-6-11(12)10-14/h3-4,6-7H,5,8-9H2,1-2H3,(H,15,18). The molecule has 1 N–H and O–H groups in total. The minimum absolute atomic E-state index is 0.605. The molecule has 0 aromatic heterocycles. The Morgan fingerprint density at radius 2 is 2.22 bits per heavy atom. The molecule has 0 spiro atoms. The second-order valence-electron chi connectivity index (χ2n) is 3.77. The van der Waals surface area contributed by atoms with Crippen molar-refractivity contribution in [3.05, 3.63) is 29.8 Å². The summed E-state index contributed by atoms with van der Waals surface area (Å²) in [7, 11) is 3.52. The monoisotopic (exact) mass is 263 g/mol. The highest BCUT2D eigenvalue weighted by Crippen LogP contribution is 2.17. The maximum atomic E-state index is 9.04. The largest absolute Gasteiger partial charge is 0.385 e. The van der Waals surface area contributed by atoms with Gasteiger partial charge in [0.05, 0.1) is 11.3 Å². The summed E-state index contributed by atoms with van der Waals surface area (Å²) < 4.78 is 4.97. The molecule has 18 heavy (non-hydrogen) atoms. The van der Waals surface area contributed by atoms with Crippen molar-refractivity contribution in [3.8, 4) is 6.07 Å². The quantitative estimate of drug-likeness (QED) is 0.649. The summed E-state index contributed by atoms with van der Waals surface area (Å²) >= 11 is 5.28. The smallest absolute Gasteiger partial charge is 0.173 e. The van der Waals surface area contributed by atoms with E-state index >= 15 is 0 Å². The average Bonchev–Trinajstić information content (AvgIpc) is 2.42. The van der Waals surface area contributed by atoms with Gasteiger partial charge in [-0.25, -0.2) is 0 Å². The van der Waals surface area contributed by atoms with Crippen LogP contribution < -0.4 is 10.2 Å². The first-order valence-corrected chi connectivity index (χ1v) is 6.11. The molecule has 0 saturated heterocycles. The highest BCUT2D eigenvalue weighted by molar-refractivity contribution is 7.80. The first-order chi connectivity index (χ1) is 8.70. The van der Waals surface area contributed by atoms with E-state index in [1.807, 2.05) is 25.2 Å². The molecule has 0 unspecified atom stereocenters. The molecule has 0 saturated carbocycles. The van der Waals surface area contributed by atoms with Crippen LogP contribution in [0.25, 0.3) is 0 Å². The number of rotatable bonds is 5. The third-order valence-corrected chi connectivity index (χ3v) is 2.91. The highest BCUT2D eigenvalue weighted by atomic mass is 32.1. The lowest BCUT2D eigenvalue weighted by molar-refractivity contribution is 0.195. The van der Waals surface area contributed by atoms with Crippen molar-refractivity contribution < 1.29 is 4.74 Å². The van der Waals surface area contributed by atoms with E-state index in [4.69, 9.17) is 22.2 Å². The fourth-order valence-corrected chi connectivity index (χ4v) is 1.70. The van der Waals surface area contributed by atoms with Crippen molar-refractivity contribution >= 4 is 23.0 Å². The van der Waals surface area contributed by atoms with E-state index in [0.717, 1.165) is 18.7 Å². The van der Waals surface area contributed by atoms with Crippen LogP contribution in [0, 0.1) is 11.3 Å². The number of nitriles is 1. The van der Waals surface area contributed by atoms with Crippen LogP contribution in [-0.4, -0.2) is 32.4 Å². The van der Waals surface area contributed by atoms with Gasteiger partial charge in [-0.2, -0.15) is 5.26 Å². The van der Waals surface area contributed by atoms with Crippen LogP contribution in [0.4, 0.5) is 5.69 Å². The summed E-state index contributed by atoms with van der Waals surface area (Å²) in [6, 6.07) is 9.54. The molecule has 0 atom stereocenters. The molecular weight excluding hydrogens is 246 g/mol. The van der Waals surface area contributed by atoms with E-state index in [1.54, 1.807) is 18.1 Å². The Hall–Kier alpha value is -1.64. The molecule has 0 radical (unpaired) electrons. The number of ether oxygens (including phenoxy) is 1. The number of anilines is 1. The third kappa shape index (κ3) is 3.99. The van der Waals surface area contributed by atoms with Crippen molar-refractivity contribution in [1.82, 2.24) is 5.32 Å². The minimum atomic E-state index is 0.605. The zero-order valence-electron chi connectivity index (χ0n) is 10.6. The Labute approximate surface area is 113 Å². The van der Waals surface area contributed by atoms with Gasteiger partial charge in [0, 0.05) is 27.3 Å². The van der Waals surface area contributed by atoms with Gasteiger partial charge in [-0.15, -0.1) is 0 Å². The number of para-hydroxylation sites is 1. The fourth-order valence-electron chi connectivity index (χ4n) is 1.50. The fraction of sp³-hybridized carbons (Fsp3) is 0.385. The van der Waals surface area contributed by atoms with Gasteiger partial charge >= 0.3 is 0 Å². The van der Waals surface area contributed by atoms with Crippen LogP contribution in [0.1, 0.15) is 12.0 Å². The van der Waals surface area contributed by atoms with Crippen molar-refractivity contribution in [1.29, 1.82) is 5.26 Å². The maximum Gasteiger partial charge on any atom is 0.173 e. The van der Waals surface area contributed by atoms with Gasteiger partial charge in [-0.3, -0.25) is 0 Å². The number of thiocarbonyl (C=S) groups is 1. The second kappa shape index (κ2) is 7.64. The SMILES string of the molecule is COCCCNC(=S)N(C)c1ccccc1C#N. The summed E-state index contributed by atoms with van der Waals surface area (Å²) in [5, 5.41) is 12.8. The summed E-state index contributed by atoms with van der Waals surface area (Å²) in [5.41, 5.74) is 1.42. The van der Waals surface area contributed by atoms with Gasteiger partial charge in [0.15, 0.2) is 5.11 Å². The van der Waals surface area contributed by atoms with E-state index in [-0.39, 0.29) is 0 Å². The van der Waals surface area contributed by atoms with Crippen molar-refractivity contribution in [2.45, 2.75) is 6.42 Å². The molecule has 0 fully saturated rings. The number of hydrogen-bond donors (Lipinski definition) is 1. The molecule has 0 aliphatic rings. The lowest BCUT2D eigenvalue weighted by Crippen LogP contribution is -2.38. The number of methoxy groups -OCH3 is 1.